The van der Waals surface area contributed by atoms with Gasteiger partial charge in [-0.1, -0.05) is 34.6 Å². The van der Waals surface area contributed by atoms with E-state index in [2.05, 4.69) is 62.0 Å². The summed E-state index contributed by atoms with van der Waals surface area (Å²) in [5.41, 5.74) is 0.104. The first-order chi connectivity index (χ1) is 12.3. The number of methoxy groups -OCH3 is 1. The molecule has 2 unspecified atom stereocenters. The summed E-state index contributed by atoms with van der Waals surface area (Å²) < 4.78 is 5.63. The first kappa shape index (κ1) is 23.2. The molecule has 0 radical (unpaired) electrons. The molecule has 0 aromatic carbocycles. The van der Waals surface area contributed by atoms with Crippen molar-refractivity contribution in [2.45, 2.75) is 47.6 Å². The average molecular weight is 370 g/mol. The van der Waals surface area contributed by atoms with Gasteiger partial charge in [-0.05, 0) is 24.8 Å². The van der Waals surface area contributed by atoms with Gasteiger partial charge in [-0.15, -0.1) is 0 Å². The molecule has 1 aliphatic rings. The van der Waals surface area contributed by atoms with E-state index in [4.69, 9.17) is 9.73 Å². The number of piperazine rings is 1. The van der Waals surface area contributed by atoms with E-state index in [0.29, 0.717) is 5.92 Å². The minimum atomic E-state index is 0.104. The quantitative estimate of drug-likeness (QED) is 0.480. The Morgan fingerprint density at radius 3 is 2.19 bits per heavy atom. The number of nitrogens with one attached hydrogen (secondary N) is 2. The van der Waals surface area contributed by atoms with Crippen LogP contribution in [0.25, 0.3) is 0 Å². The molecule has 0 spiro atoms. The van der Waals surface area contributed by atoms with Crippen LogP contribution in [-0.4, -0.2) is 87.9 Å². The molecule has 0 saturated carbocycles. The lowest BCUT2D eigenvalue weighted by Crippen LogP contribution is -2.47. The lowest BCUT2D eigenvalue weighted by Gasteiger charge is -2.35. The van der Waals surface area contributed by atoms with Gasteiger partial charge in [0.2, 0.25) is 0 Å². The van der Waals surface area contributed by atoms with Gasteiger partial charge in [-0.3, -0.25) is 4.99 Å². The lowest BCUT2D eigenvalue weighted by atomic mass is 9.89. The summed E-state index contributed by atoms with van der Waals surface area (Å²) in [6.07, 6.45) is 0.152. The second kappa shape index (κ2) is 11.8. The first-order valence-electron chi connectivity index (χ1n) is 10.3. The highest BCUT2D eigenvalue weighted by Crippen LogP contribution is 2.20. The van der Waals surface area contributed by atoms with E-state index < -0.39 is 0 Å². The van der Waals surface area contributed by atoms with Gasteiger partial charge in [0.15, 0.2) is 5.96 Å². The Labute approximate surface area is 161 Å². The number of rotatable bonds is 9. The normalized spacial score (nSPS) is 20.0. The summed E-state index contributed by atoms with van der Waals surface area (Å²) in [5.74, 6) is 1.45. The van der Waals surface area contributed by atoms with Crippen LogP contribution in [0.2, 0.25) is 0 Å². The van der Waals surface area contributed by atoms with Gasteiger partial charge in [-0.25, -0.2) is 0 Å². The second-order valence-corrected chi connectivity index (χ2v) is 8.53. The van der Waals surface area contributed by atoms with Crippen molar-refractivity contribution in [3.8, 4) is 0 Å². The van der Waals surface area contributed by atoms with Gasteiger partial charge in [0.1, 0.15) is 0 Å². The monoisotopic (exact) mass is 369 g/mol. The van der Waals surface area contributed by atoms with E-state index in [0.717, 1.165) is 32.1 Å². The smallest absolute Gasteiger partial charge is 0.191 e. The Morgan fingerprint density at radius 2 is 1.69 bits per heavy atom. The lowest BCUT2D eigenvalue weighted by molar-refractivity contribution is 0.0205. The van der Waals surface area contributed by atoms with Crippen molar-refractivity contribution in [1.29, 1.82) is 0 Å². The minimum absolute atomic E-state index is 0.104. The number of guanidine groups is 1. The third kappa shape index (κ3) is 8.69. The fourth-order valence-corrected chi connectivity index (χ4v) is 3.31. The summed E-state index contributed by atoms with van der Waals surface area (Å²) in [6, 6.07) is 0. The van der Waals surface area contributed by atoms with Crippen LogP contribution >= 0.6 is 0 Å². The van der Waals surface area contributed by atoms with E-state index in [9.17, 15) is 0 Å². The van der Waals surface area contributed by atoms with E-state index in [1.807, 2.05) is 0 Å². The van der Waals surface area contributed by atoms with E-state index >= 15 is 0 Å². The molecule has 6 nitrogen and oxygen atoms in total. The predicted octanol–water partition coefficient (Wildman–Crippen LogP) is 1.88. The van der Waals surface area contributed by atoms with Gasteiger partial charge in [-0.2, -0.15) is 0 Å². The molecule has 2 N–H and O–H groups in total. The Hall–Kier alpha value is -0.850. The van der Waals surface area contributed by atoms with Crippen molar-refractivity contribution < 1.29 is 4.74 Å². The average Bonchev–Trinajstić information content (AvgIpc) is 2.59. The van der Waals surface area contributed by atoms with Crippen LogP contribution < -0.4 is 10.6 Å². The van der Waals surface area contributed by atoms with Gasteiger partial charge < -0.3 is 25.2 Å². The molecule has 26 heavy (non-hydrogen) atoms. The van der Waals surface area contributed by atoms with Gasteiger partial charge >= 0.3 is 0 Å². The van der Waals surface area contributed by atoms with E-state index in [1.165, 1.54) is 32.7 Å². The number of likely N-dealkylation sites (N-methyl/N-ethyl adjacent to an activating group) is 1. The number of hydrogen-bond acceptors (Lipinski definition) is 4. The molecule has 1 saturated heterocycles. The highest BCUT2D eigenvalue weighted by Gasteiger charge is 2.24. The summed E-state index contributed by atoms with van der Waals surface area (Å²) in [6.45, 7) is 22.8. The van der Waals surface area contributed by atoms with Crippen molar-refractivity contribution in [2.24, 2.45) is 16.3 Å². The van der Waals surface area contributed by atoms with E-state index in [-0.39, 0.29) is 11.5 Å². The molecule has 6 heteroatoms. The molecular formula is C20H43N5O. The molecule has 1 rings (SSSR count). The summed E-state index contributed by atoms with van der Waals surface area (Å²) in [7, 11) is 1.78. The standard InChI is InChI=1S/C20H43N5O/c1-8-21-19(23-15-18(26-7)20(4,5)6)22-14-17(3)16-25-12-10-24(9-2)11-13-25/h17-18H,8-16H2,1-7H3,(H2,21,22,23). The molecule has 1 aliphatic heterocycles. The molecule has 0 aromatic rings. The summed E-state index contributed by atoms with van der Waals surface area (Å²) in [5, 5.41) is 6.79. The maximum Gasteiger partial charge on any atom is 0.191 e. The highest BCUT2D eigenvalue weighted by molar-refractivity contribution is 5.79. The van der Waals surface area contributed by atoms with Gasteiger partial charge in [0, 0.05) is 59.5 Å². The third-order valence-corrected chi connectivity index (χ3v) is 5.09. The topological polar surface area (TPSA) is 52.1 Å². The van der Waals surface area contributed by atoms with Crippen molar-refractivity contribution in [1.82, 2.24) is 20.4 Å². The number of aliphatic imine (C=N–C) groups is 1. The van der Waals surface area contributed by atoms with Crippen LogP contribution in [0.15, 0.2) is 4.99 Å². The van der Waals surface area contributed by atoms with Crippen molar-refractivity contribution in [3.05, 3.63) is 0 Å². The Kier molecular flexibility index (Phi) is 10.5. The van der Waals surface area contributed by atoms with E-state index in [1.54, 1.807) is 7.11 Å². The third-order valence-electron chi connectivity index (χ3n) is 5.09. The molecule has 0 bridgehead atoms. The Morgan fingerprint density at radius 1 is 1.08 bits per heavy atom. The minimum Gasteiger partial charge on any atom is -0.379 e. The van der Waals surface area contributed by atoms with Crippen molar-refractivity contribution >= 4 is 5.96 Å². The van der Waals surface area contributed by atoms with Crippen LogP contribution in [0.5, 0.6) is 0 Å². The van der Waals surface area contributed by atoms with Crippen LogP contribution in [0.3, 0.4) is 0 Å². The highest BCUT2D eigenvalue weighted by atomic mass is 16.5. The molecule has 0 aromatic heterocycles. The molecule has 1 heterocycles. The van der Waals surface area contributed by atoms with Crippen LogP contribution in [-0.2, 0) is 4.74 Å². The number of ether oxygens (including phenoxy) is 1. The molecular weight excluding hydrogens is 326 g/mol. The predicted molar refractivity (Wildman–Crippen MR) is 112 cm³/mol. The Balaban J connectivity index is 2.44. The maximum atomic E-state index is 5.63. The fourth-order valence-electron chi connectivity index (χ4n) is 3.31. The fraction of sp³-hybridized carbons (Fsp3) is 0.950. The van der Waals surface area contributed by atoms with Gasteiger partial charge in [0.25, 0.3) is 0 Å². The van der Waals surface area contributed by atoms with Crippen molar-refractivity contribution in [2.75, 3.05) is 66.0 Å². The first-order valence-corrected chi connectivity index (χ1v) is 10.3. The van der Waals surface area contributed by atoms with Gasteiger partial charge in [0.05, 0.1) is 6.10 Å². The maximum absolute atomic E-state index is 5.63. The summed E-state index contributed by atoms with van der Waals surface area (Å²) >= 11 is 0. The molecule has 1 fully saturated rings. The molecule has 154 valence electrons. The van der Waals surface area contributed by atoms with Crippen molar-refractivity contribution in [3.63, 3.8) is 0 Å². The second-order valence-electron chi connectivity index (χ2n) is 8.53. The zero-order chi connectivity index (χ0) is 19.6. The SMILES string of the molecule is CCNC(=NCC(C)CN1CCN(CC)CC1)NCC(OC)C(C)(C)C. The Bertz CT molecular complexity index is 399. The zero-order valence-corrected chi connectivity index (χ0v) is 18.3. The summed E-state index contributed by atoms with van der Waals surface area (Å²) in [4.78, 5) is 9.90. The number of hydrogen-bond donors (Lipinski definition) is 2. The number of nitrogens with zero attached hydrogens (tertiary/aromatic N) is 3. The molecule has 0 amide bonds. The zero-order valence-electron chi connectivity index (χ0n) is 18.3. The van der Waals surface area contributed by atoms with Crippen LogP contribution in [0.4, 0.5) is 0 Å². The molecule has 2 atom stereocenters. The molecule has 0 aliphatic carbocycles. The van der Waals surface area contributed by atoms with Crippen LogP contribution in [0, 0.1) is 11.3 Å². The largest absolute Gasteiger partial charge is 0.379 e. The van der Waals surface area contributed by atoms with Crippen LogP contribution in [0.1, 0.15) is 41.5 Å².